The van der Waals surface area contributed by atoms with Crippen LogP contribution in [0.5, 0.6) is 11.8 Å². The van der Waals surface area contributed by atoms with Gasteiger partial charge in [-0.05, 0) is 57.4 Å². The molecule has 2 heterocycles. The molecule has 29 heavy (non-hydrogen) atoms. The number of nitrogens with one attached hydrogen (secondary N) is 1. The molecule has 8 nitrogen and oxygen atoms in total. The number of halogens is 1. The molecule has 1 aliphatic heterocycles. The lowest BCUT2D eigenvalue weighted by molar-refractivity contribution is -0.134. The monoisotopic (exact) mass is 419 g/mol. The van der Waals surface area contributed by atoms with Crippen molar-refractivity contribution >= 4 is 23.5 Å². The highest BCUT2D eigenvalue weighted by atomic mass is 35.5. The van der Waals surface area contributed by atoms with Crippen molar-refractivity contribution in [2.24, 2.45) is 0 Å². The summed E-state index contributed by atoms with van der Waals surface area (Å²) in [6.07, 6.45) is 3.43. The van der Waals surface area contributed by atoms with E-state index in [4.69, 9.17) is 21.1 Å². The van der Waals surface area contributed by atoms with Gasteiger partial charge in [0, 0.05) is 18.1 Å². The van der Waals surface area contributed by atoms with Gasteiger partial charge in [0.1, 0.15) is 5.75 Å². The van der Waals surface area contributed by atoms with Crippen LogP contribution in [0.3, 0.4) is 0 Å². The molecule has 1 aromatic heterocycles. The highest BCUT2D eigenvalue weighted by molar-refractivity contribution is 6.30. The van der Waals surface area contributed by atoms with Gasteiger partial charge in [-0.25, -0.2) is 0 Å². The number of ether oxygens (including phenoxy) is 2. The number of methoxy groups -OCH3 is 1. The SMILES string of the molecule is COc1nc(CNC(=O)C(C)(C)Oc2ccc(Cl)cc2)nc(N2CCCCC2)n1. The first kappa shape index (κ1) is 21.1. The fourth-order valence-corrected chi connectivity index (χ4v) is 3.13. The van der Waals surface area contributed by atoms with Crippen molar-refractivity contribution in [2.45, 2.75) is 45.3 Å². The quantitative estimate of drug-likeness (QED) is 0.737. The average Bonchev–Trinajstić information content (AvgIpc) is 2.73. The van der Waals surface area contributed by atoms with Crippen molar-refractivity contribution in [1.82, 2.24) is 20.3 Å². The summed E-state index contributed by atoms with van der Waals surface area (Å²) in [5, 5.41) is 3.44. The van der Waals surface area contributed by atoms with Crippen LogP contribution in [0.2, 0.25) is 5.02 Å². The summed E-state index contributed by atoms with van der Waals surface area (Å²) >= 11 is 5.89. The van der Waals surface area contributed by atoms with Crippen molar-refractivity contribution in [3.8, 4) is 11.8 Å². The Hall–Kier alpha value is -2.61. The van der Waals surface area contributed by atoms with E-state index < -0.39 is 5.60 Å². The number of piperidine rings is 1. The molecule has 1 N–H and O–H groups in total. The minimum atomic E-state index is -1.08. The van der Waals surface area contributed by atoms with Crippen LogP contribution in [0.15, 0.2) is 24.3 Å². The van der Waals surface area contributed by atoms with Crippen molar-refractivity contribution in [1.29, 1.82) is 0 Å². The normalized spacial score (nSPS) is 14.4. The number of hydrogen-bond donors (Lipinski definition) is 1. The third-order valence-corrected chi connectivity index (χ3v) is 4.86. The molecule has 1 amide bonds. The standard InChI is InChI=1S/C20H26ClN5O3/c1-20(2,29-15-9-7-14(21)8-10-15)17(27)22-13-16-23-18(25-19(24-16)28-3)26-11-5-4-6-12-26/h7-10H,4-6,11-13H2,1-3H3,(H,22,27). The summed E-state index contributed by atoms with van der Waals surface area (Å²) in [4.78, 5) is 27.9. The van der Waals surface area contributed by atoms with Crippen molar-refractivity contribution < 1.29 is 14.3 Å². The number of benzene rings is 1. The molecule has 1 fully saturated rings. The first-order valence-electron chi connectivity index (χ1n) is 9.64. The molecule has 1 aliphatic rings. The van der Waals surface area contributed by atoms with E-state index in [2.05, 4.69) is 25.2 Å². The first-order valence-corrected chi connectivity index (χ1v) is 10.0. The summed E-state index contributed by atoms with van der Waals surface area (Å²) in [5.41, 5.74) is -1.08. The van der Waals surface area contributed by atoms with Gasteiger partial charge < -0.3 is 19.7 Å². The van der Waals surface area contributed by atoms with Crippen molar-refractivity contribution in [2.75, 3.05) is 25.1 Å². The molecule has 0 bridgehead atoms. The topological polar surface area (TPSA) is 89.5 Å². The molecule has 0 unspecified atom stereocenters. The fourth-order valence-electron chi connectivity index (χ4n) is 3.01. The Balaban J connectivity index is 1.66. The molecular formula is C20H26ClN5O3. The van der Waals surface area contributed by atoms with Crippen LogP contribution in [0.25, 0.3) is 0 Å². The van der Waals surface area contributed by atoms with Crippen molar-refractivity contribution in [3.05, 3.63) is 35.1 Å². The van der Waals surface area contributed by atoms with E-state index in [0.29, 0.717) is 22.5 Å². The fraction of sp³-hybridized carbons (Fsp3) is 0.500. The van der Waals surface area contributed by atoms with Gasteiger partial charge in [-0.3, -0.25) is 4.79 Å². The second-order valence-electron chi connectivity index (χ2n) is 7.34. The molecule has 1 saturated heterocycles. The highest BCUT2D eigenvalue weighted by Gasteiger charge is 2.30. The van der Waals surface area contributed by atoms with Crippen LogP contribution in [0, 0.1) is 0 Å². The third kappa shape index (κ3) is 5.69. The summed E-state index contributed by atoms with van der Waals surface area (Å²) in [5.74, 6) is 1.29. The number of aromatic nitrogens is 3. The van der Waals surface area contributed by atoms with Crippen LogP contribution < -0.4 is 19.7 Å². The largest absolute Gasteiger partial charge is 0.478 e. The molecule has 9 heteroatoms. The van der Waals surface area contributed by atoms with E-state index in [-0.39, 0.29) is 18.5 Å². The molecule has 0 saturated carbocycles. The van der Waals surface area contributed by atoms with Gasteiger partial charge >= 0.3 is 6.01 Å². The summed E-state index contributed by atoms with van der Waals surface area (Å²) in [6, 6.07) is 7.10. The zero-order chi connectivity index (χ0) is 20.9. The first-order chi connectivity index (χ1) is 13.9. The number of amides is 1. The maximum Gasteiger partial charge on any atom is 0.321 e. The molecule has 156 valence electrons. The Morgan fingerprint density at radius 3 is 2.48 bits per heavy atom. The van der Waals surface area contributed by atoms with Gasteiger partial charge in [0.2, 0.25) is 5.95 Å². The predicted octanol–water partition coefficient (Wildman–Crippen LogP) is 3.00. The van der Waals surface area contributed by atoms with Crippen molar-refractivity contribution in [3.63, 3.8) is 0 Å². The Kier molecular flexibility index (Phi) is 6.74. The van der Waals surface area contributed by atoms with Gasteiger partial charge in [0.15, 0.2) is 11.4 Å². The molecule has 3 rings (SSSR count). The minimum absolute atomic E-state index is 0.145. The van der Waals surface area contributed by atoms with Gasteiger partial charge in [-0.15, -0.1) is 0 Å². The average molecular weight is 420 g/mol. The van der Waals surface area contributed by atoms with Gasteiger partial charge in [-0.1, -0.05) is 11.6 Å². The van der Waals surface area contributed by atoms with E-state index in [1.807, 2.05) is 0 Å². The smallest absolute Gasteiger partial charge is 0.321 e. The van der Waals surface area contributed by atoms with E-state index in [1.165, 1.54) is 13.5 Å². The van der Waals surface area contributed by atoms with E-state index >= 15 is 0 Å². The maximum atomic E-state index is 12.7. The lowest BCUT2D eigenvalue weighted by Crippen LogP contribution is -2.46. The Bertz CT molecular complexity index is 839. The second-order valence-corrected chi connectivity index (χ2v) is 7.77. The third-order valence-electron chi connectivity index (χ3n) is 4.61. The number of carbonyl (C=O) groups is 1. The lowest BCUT2D eigenvalue weighted by Gasteiger charge is -2.27. The Labute approximate surface area is 175 Å². The van der Waals surface area contributed by atoms with Crippen LogP contribution in [0.1, 0.15) is 38.9 Å². The number of hydrogen-bond acceptors (Lipinski definition) is 7. The van der Waals surface area contributed by atoms with Gasteiger partial charge in [-0.2, -0.15) is 15.0 Å². The van der Waals surface area contributed by atoms with Crippen LogP contribution in [0.4, 0.5) is 5.95 Å². The summed E-state index contributed by atoms with van der Waals surface area (Å²) in [6.45, 7) is 5.35. The van der Waals surface area contributed by atoms with Crippen LogP contribution in [-0.2, 0) is 11.3 Å². The molecular weight excluding hydrogens is 394 g/mol. The zero-order valence-corrected chi connectivity index (χ0v) is 17.7. The highest BCUT2D eigenvalue weighted by Crippen LogP contribution is 2.21. The number of nitrogens with zero attached hydrogens (tertiary/aromatic N) is 4. The predicted molar refractivity (Wildman–Crippen MR) is 110 cm³/mol. The molecule has 0 aliphatic carbocycles. The molecule has 0 spiro atoms. The number of carbonyl (C=O) groups excluding carboxylic acids is 1. The molecule has 0 radical (unpaired) electrons. The number of anilines is 1. The van der Waals surface area contributed by atoms with Crippen LogP contribution >= 0.6 is 11.6 Å². The van der Waals surface area contributed by atoms with Crippen LogP contribution in [-0.4, -0.2) is 46.7 Å². The Morgan fingerprint density at radius 1 is 1.14 bits per heavy atom. The second kappa shape index (κ2) is 9.26. The van der Waals surface area contributed by atoms with E-state index in [9.17, 15) is 4.79 Å². The van der Waals surface area contributed by atoms with E-state index in [1.54, 1.807) is 38.1 Å². The zero-order valence-electron chi connectivity index (χ0n) is 16.9. The maximum absolute atomic E-state index is 12.7. The summed E-state index contributed by atoms with van der Waals surface area (Å²) < 4.78 is 11.0. The number of rotatable bonds is 7. The molecule has 1 aromatic carbocycles. The molecule has 2 aromatic rings. The minimum Gasteiger partial charge on any atom is -0.478 e. The Morgan fingerprint density at radius 2 is 1.83 bits per heavy atom. The van der Waals surface area contributed by atoms with Gasteiger partial charge in [0.05, 0.1) is 13.7 Å². The lowest BCUT2D eigenvalue weighted by atomic mass is 10.1. The van der Waals surface area contributed by atoms with Gasteiger partial charge in [0.25, 0.3) is 5.91 Å². The van der Waals surface area contributed by atoms with E-state index in [0.717, 1.165) is 25.9 Å². The molecule has 0 atom stereocenters. The summed E-state index contributed by atoms with van der Waals surface area (Å²) in [7, 11) is 1.51.